The predicted molar refractivity (Wildman–Crippen MR) is 112 cm³/mol. The Morgan fingerprint density at radius 1 is 1.03 bits per heavy atom. The van der Waals surface area contributed by atoms with E-state index in [4.69, 9.17) is 28.2 Å². The largest absolute Gasteiger partial charge is 0.457 e. The number of thiocarbonyl (C=S) groups is 1. The van der Waals surface area contributed by atoms with Crippen molar-refractivity contribution in [1.29, 1.82) is 0 Å². The van der Waals surface area contributed by atoms with E-state index >= 15 is 0 Å². The second-order valence-corrected chi connectivity index (χ2v) is 6.94. The van der Waals surface area contributed by atoms with Crippen molar-refractivity contribution < 1.29 is 18.4 Å². The minimum absolute atomic E-state index is 0.0466. The number of carbonyl (C=O) groups excluding carboxylic acids is 2. The Morgan fingerprint density at radius 3 is 2.48 bits per heavy atom. The molecule has 8 heteroatoms. The third-order valence-electron chi connectivity index (χ3n) is 4.24. The van der Waals surface area contributed by atoms with Crippen LogP contribution in [0.15, 0.2) is 70.7 Å². The number of furan rings is 1. The van der Waals surface area contributed by atoms with Crippen molar-refractivity contribution in [3.8, 4) is 11.3 Å². The van der Waals surface area contributed by atoms with Gasteiger partial charge >= 0.3 is 0 Å². The number of nitrogens with one attached hydrogen (secondary N) is 1. The van der Waals surface area contributed by atoms with Crippen LogP contribution in [0.1, 0.15) is 5.76 Å². The Labute approximate surface area is 175 Å². The van der Waals surface area contributed by atoms with Gasteiger partial charge in [0.1, 0.15) is 22.9 Å². The summed E-state index contributed by atoms with van der Waals surface area (Å²) >= 11 is 11.0. The van der Waals surface area contributed by atoms with Crippen molar-refractivity contribution >= 4 is 52.5 Å². The minimum atomic E-state index is -0.742. The summed E-state index contributed by atoms with van der Waals surface area (Å²) in [6.07, 6.45) is 1.30. The van der Waals surface area contributed by atoms with E-state index in [9.17, 15) is 14.0 Å². The molecule has 5 nitrogen and oxygen atoms in total. The van der Waals surface area contributed by atoms with E-state index in [0.717, 1.165) is 10.5 Å². The van der Waals surface area contributed by atoms with Crippen LogP contribution in [-0.2, 0) is 9.59 Å². The maximum Gasteiger partial charge on any atom is 0.270 e. The van der Waals surface area contributed by atoms with Crippen molar-refractivity contribution in [1.82, 2.24) is 5.32 Å². The molecule has 0 saturated carbocycles. The summed E-state index contributed by atoms with van der Waals surface area (Å²) < 4.78 is 19.9. The molecule has 1 aliphatic rings. The molecule has 0 unspecified atom stereocenters. The van der Waals surface area contributed by atoms with Gasteiger partial charge in [-0.3, -0.25) is 14.9 Å². The molecule has 2 heterocycles. The molecule has 0 radical (unpaired) electrons. The number of hydrogen-bond donors (Lipinski definition) is 1. The monoisotopic (exact) mass is 426 g/mol. The fraction of sp³-hybridized carbons (Fsp3) is 0. The van der Waals surface area contributed by atoms with Gasteiger partial charge in [0.2, 0.25) is 0 Å². The van der Waals surface area contributed by atoms with Gasteiger partial charge in [-0.2, -0.15) is 0 Å². The Morgan fingerprint density at radius 2 is 1.76 bits per heavy atom. The van der Waals surface area contributed by atoms with E-state index < -0.39 is 17.6 Å². The highest BCUT2D eigenvalue weighted by molar-refractivity contribution is 7.80. The Bertz CT molecular complexity index is 1170. The summed E-state index contributed by atoms with van der Waals surface area (Å²) in [5.74, 6) is -1.24. The standard InChI is InChI=1S/C21H12ClFN2O3S/c22-13-7-5-12(6-8-13)18-10-9-14(28-18)11-15-19(26)24-21(29)25(20(15)27)17-4-2-1-3-16(17)23/h1-11H,(H,24,26,29)/b15-11-. The molecule has 29 heavy (non-hydrogen) atoms. The number of hydrogen-bond acceptors (Lipinski definition) is 4. The molecular weight excluding hydrogens is 415 g/mol. The van der Waals surface area contributed by atoms with Crippen LogP contribution in [0.4, 0.5) is 10.1 Å². The maximum absolute atomic E-state index is 14.2. The van der Waals surface area contributed by atoms with E-state index in [2.05, 4.69) is 5.32 Å². The number of para-hydroxylation sites is 1. The van der Waals surface area contributed by atoms with Crippen molar-refractivity contribution in [3.63, 3.8) is 0 Å². The third-order valence-corrected chi connectivity index (χ3v) is 4.77. The molecule has 1 N–H and O–H groups in total. The van der Waals surface area contributed by atoms with E-state index in [1.165, 1.54) is 24.3 Å². The molecule has 3 aromatic rings. The number of nitrogens with zero attached hydrogens (tertiary/aromatic N) is 1. The second-order valence-electron chi connectivity index (χ2n) is 6.12. The van der Waals surface area contributed by atoms with Gasteiger partial charge in [-0.25, -0.2) is 9.29 Å². The fourth-order valence-electron chi connectivity index (χ4n) is 2.85. The van der Waals surface area contributed by atoms with Crippen molar-refractivity contribution in [2.45, 2.75) is 0 Å². The quantitative estimate of drug-likeness (QED) is 0.378. The predicted octanol–water partition coefficient (Wildman–Crippen LogP) is 4.57. The van der Waals surface area contributed by atoms with Crippen molar-refractivity contribution in [2.24, 2.45) is 0 Å². The number of benzene rings is 2. The van der Waals surface area contributed by atoms with E-state index in [1.54, 1.807) is 42.5 Å². The van der Waals surface area contributed by atoms with E-state index in [0.29, 0.717) is 10.8 Å². The van der Waals surface area contributed by atoms with Gasteiger partial charge in [0.25, 0.3) is 11.8 Å². The number of anilines is 1. The summed E-state index contributed by atoms with van der Waals surface area (Å²) in [6.45, 7) is 0. The highest BCUT2D eigenvalue weighted by Gasteiger charge is 2.35. The topological polar surface area (TPSA) is 62.6 Å². The lowest BCUT2D eigenvalue weighted by molar-refractivity contribution is -0.122. The zero-order valence-electron chi connectivity index (χ0n) is 14.7. The Balaban J connectivity index is 1.68. The Hall–Kier alpha value is -3.29. The summed E-state index contributed by atoms with van der Waals surface area (Å²) in [5, 5.41) is 2.81. The molecule has 2 amide bonds. The molecule has 1 fully saturated rings. The zero-order chi connectivity index (χ0) is 20.5. The lowest BCUT2D eigenvalue weighted by atomic mass is 10.1. The molecule has 1 saturated heterocycles. The summed E-state index contributed by atoms with van der Waals surface area (Å²) in [6, 6.07) is 16.0. The first kappa shape index (κ1) is 19.0. The van der Waals surface area contributed by atoms with Crippen LogP contribution in [0.25, 0.3) is 17.4 Å². The van der Waals surface area contributed by atoms with Crippen molar-refractivity contribution in [2.75, 3.05) is 4.90 Å². The number of carbonyl (C=O) groups is 2. The summed E-state index contributed by atoms with van der Waals surface area (Å²) in [4.78, 5) is 26.2. The second kappa shape index (κ2) is 7.62. The molecule has 0 bridgehead atoms. The molecule has 2 aromatic carbocycles. The average Bonchev–Trinajstić information content (AvgIpc) is 3.16. The summed E-state index contributed by atoms with van der Waals surface area (Å²) in [5.41, 5.74) is 0.515. The minimum Gasteiger partial charge on any atom is -0.457 e. The molecule has 0 spiro atoms. The van der Waals surface area contributed by atoms with Crippen LogP contribution in [0.5, 0.6) is 0 Å². The molecule has 0 atom stereocenters. The maximum atomic E-state index is 14.2. The van der Waals surface area contributed by atoms with E-state index in [-0.39, 0.29) is 22.1 Å². The molecule has 1 aliphatic heterocycles. The number of halogens is 2. The number of rotatable bonds is 3. The Kier molecular flexibility index (Phi) is 5.00. The number of amides is 2. The lowest BCUT2D eigenvalue weighted by Crippen LogP contribution is -2.54. The van der Waals surface area contributed by atoms with Gasteiger partial charge in [-0.1, -0.05) is 23.7 Å². The SMILES string of the molecule is O=C1NC(=S)N(c2ccccc2F)C(=O)/C1=C\c1ccc(-c2ccc(Cl)cc2)o1. The van der Waals surface area contributed by atoms with Gasteiger partial charge in [0.05, 0.1) is 5.69 Å². The third kappa shape index (κ3) is 3.70. The highest BCUT2D eigenvalue weighted by atomic mass is 35.5. The van der Waals surface area contributed by atoms with Crippen LogP contribution >= 0.6 is 23.8 Å². The van der Waals surface area contributed by atoms with Crippen LogP contribution in [0.3, 0.4) is 0 Å². The van der Waals surface area contributed by atoms with Gasteiger partial charge in [0.15, 0.2) is 5.11 Å². The first-order chi connectivity index (χ1) is 13.9. The molecular formula is C21H12ClFN2O3S. The summed E-state index contributed by atoms with van der Waals surface area (Å²) in [7, 11) is 0. The van der Waals surface area contributed by atoms with Gasteiger partial charge in [-0.15, -0.1) is 0 Å². The fourth-order valence-corrected chi connectivity index (χ4v) is 3.25. The first-order valence-corrected chi connectivity index (χ1v) is 9.24. The van der Waals surface area contributed by atoms with Crippen molar-refractivity contribution in [3.05, 3.63) is 82.8 Å². The van der Waals surface area contributed by atoms with Crippen LogP contribution in [0.2, 0.25) is 5.02 Å². The molecule has 144 valence electrons. The van der Waals surface area contributed by atoms with Gasteiger partial charge in [0, 0.05) is 10.6 Å². The molecule has 1 aromatic heterocycles. The first-order valence-electron chi connectivity index (χ1n) is 8.46. The normalized spacial score (nSPS) is 15.7. The van der Waals surface area contributed by atoms with Gasteiger partial charge < -0.3 is 4.42 Å². The zero-order valence-corrected chi connectivity index (χ0v) is 16.3. The smallest absolute Gasteiger partial charge is 0.270 e. The average molecular weight is 427 g/mol. The lowest BCUT2D eigenvalue weighted by Gasteiger charge is -2.28. The highest BCUT2D eigenvalue weighted by Crippen LogP contribution is 2.27. The van der Waals surface area contributed by atoms with E-state index in [1.807, 2.05) is 0 Å². The van der Waals surface area contributed by atoms with Crippen LogP contribution in [-0.4, -0.2) is 16.9 Å². The van der Waals surface area contributed by atoms with Crippen LogP contribution in [0, 0.1) is 5.82 Å². The molecule has 4 rings (SSSR count). The van der Waals surface area contributed by atoms with Crippen LogP contribution < -0.4 is 10.2 Å². The van der Waals surface area contributed by atoms with Gasteiger partial charge in [-0.05, 0) is 66.8 Å². The molecule has 0 aliphatic carbocycles.